The first kappa shape index (κ1) is 33.1. The van der Waals surface area contributed by atoms with E-state index < -0.39 is 11.8 Å². The van der Waals surface area contributed by atoms with Crippen molar-refractivity contribution in [3.05, 3.63) is 83.4 Å². The van der Waals surface area contributed by atoms with Crippen molar-refractivity contribution in [1.82, 2.24) is 4.90 Å². The summed E-state index contributed by atoms with van der Waals surface area (Å²) in [6.07, 6.45) is 3.33. The van der Waals surface area contributed by atoms with Gasteiger partial charge in [0, 0.05) is 38.2 Å². The number of anilines is 3. The van der Waals surface area contributed by atoms with Gasteiger partial charge in [-0.05, 0) is 66.4 Å². The van der Waals surface area contributed by atoms with Crippen molar-refractivity contribution in [1.29, 1.82) is 0 Å². The fourth-order valence-corrected chi connectivity index (χ4v) is 5.55. The number of nitrogens with zero attached hydrogens (tertiary/aromatic N) is 2. The lowest BCUT2D eigenvalue weighted by Gasteiger charge is -2.32. The molecule has 0 radical (unpaired) electrons. The van der Waals surface area contributed by atoms with Gasteiger partial charge in [-0.25, -0.2) is 9.59 Å². The molecule has 0 aromatic heterocycles. The van der Waals surface area contributed by atoms with E-state index in [1.165, 1.54) is 4.90 Å². The number of carbonyl (C=O) groups is 2. The highest BCUT2D eigenvalue weighted by atomic mass is 16.7. The van der Waals surface area contributed by atoms with Crippen LogP contribution in [0.1, 0.15) is 62.3 Å². The summed E-state index contributed by atoms with van der Waals surface area (Å²) in [6.45, 7) is 7.46. The molecule has 2 aliphatic heterocycles. The van der Waals surface area contributed by atoms with Crippen molar-refractivity contribution >= 4 is 29.2 Å². The molecule has 46 heavy (non-hydrogen) atoms. The van der Waals surface area contributed by atoms with Gasteiger partial charge >= 0.3 is 12.1 Å². The molecule has 3 aromatic rings. The van der Waals surface area contributed by atoms with E-state index in [0.29, 0.717) is 63.2 Å². The van der Waals surface area contributed by atoms with Gasteiger partial charge in [-0.15, -0.1) is 0 Å². The van der Waals surface area contributed by atoms with Crippen LogP contribution in [0.15, 0.2) is 66.7 Å². The van der Waals surface area contributed by atoms with Gasteiger partial charge in [0.1, 0.15) is 11.9 Å². The Morgan fingerprint density at radius 2 is 1.72 bits per heavy atom. The number of rotatable bonds is 15. The molecule has 2 heterocycles. The topological polar surface area (TPSA) is 139 Å². The molecule has 0 aliphatic carbocycles. The van der Waals surface area contributed by atoms with Crippen molar-refractivity contribution in [2.24, 2.45) is 5.73 Å². The van der Waals surface area contributed by atoms with Crippen molar-refractivity contribution in [2.75, 3.05) is 43.5 Å². The lowest BCUT2D eigenvalue weighted by Crippen LogP contribution is -2.35. The minimum Gasteiger partial charge on any atom is -0.463 e. The number of fused-ring (bicyclic) bond motifs is 1. The Hall–Kier alpha value is -4.32. The van der Waals surface area contributed by atoms with Crippen molar-refractivity contribution < 1.29 is 33.3 Å². The third-order valence-corrected chi connectivity index (χ3v) is 7.90. The second-order valence-electron chi connectivity index (χ2n) is 12.0. The number of cyclic esters (lactones) is 1. The van der Waals surface area contributed by atoms with Crippen LogP contribution in [0.2, 0.25) is 0 Å². The minimum absolute atomic E-state index is 0.266. The monoisotopic (exact) mass is 632 g/mol. The third-order valence-electron chi connectivity index (χ3n) is 7.90. The Bertz CT molecular complexity index is 1500. The van der Waals surface area contributed by atoms with Gasteiger partial charge in [0.2, 0.25) is 5.79 Å². The summed E-state index contributed by atoms with van der Waals surface area (Å²) in [6, 6.07) is 19.8. The van der Waals surface area contributed by atoms with E-state index >= 15 is 0 Å². The Morgan fingerprint density at radius 1 is 0.957 bits per heavy atom. The Kier molecular flexibility index (Phi) is 11.0. The molecule has 1 fully saturated rings. The van der Waals surface area contributed by atoms with E-state index in [9.17, 15) is 9.59 Å². The number of amides is 3. The van der Waals surface area contributed by atoms with Gasteiger partial charge in [0.05, 0.1) is 44.3 Å². The maximum atomic E-state index is 12.5. The summed E-state index contributed by atoms with van der Waals surface area (Å²) in [5.41, 5.74) is 16.2. The van der Waals surface area contributed by atoms with Crippen LogP contribution >= 0.6 is 0 Å². The first-order chi connectivity index (χ1) is 22.2. The molecule has 0 saturated carbocycles. The van der Waals surface area contributed by atoms with E-state index in [-0.39, 0.29) is 12.2 Å². The van der Waals surface area contributed by atoms with E-state index in [4.69, 9.17) is 35.2 Å². The summed E-state index contributed by atoms with van der Waals surface area (Å²) in [7, 11) is 0. The van der Waals surface area contributed by atoms with Gasteiger partial charge in [-0.1, -0.05) is 37.1 Å². The molecule has 4 N–H and O–H groups in total. The predicted octanol–water partition coefficient (Wildman–Crippen LogP) is 6.42. The molecule has 246 valence electrons. The van der Waals surface area contributed by atoms with Crippen LogP contribution in [0.5, 0.6) is 5.75 Å². The van der Waals surface area contributed by atoms with Gasteiger partial charge < -0.3 is 40.1 Å². The Balaban J connectivity index is 0.928. The highest BCUT2D eigenvalue weighted by molar-refractivity contribution is 5.98. The van der Waals surface area contributed by atoms with E-state index in [0.717, 1.165) is 48.1 Å². The van der Waals surface area contributed by atoms with Gasteiger partial charge in [-0.3, -0.25) is 4.90 Å². The molecule has 1 unspecified atom stereocenters. The molecule has 0 bridgehead atoms. The second kappa shape index (κ2) is 15.3. The predicted molar refractivity (Wildman–Crippen MR) is 175 cm³/mol. The fourth-order valence-electron chi connectivity index (χ4n) is 5.55. The quantitative estimate of drug-likeness (QED) is 0.145. The Morgan fingerprint density at radius 3 is 2.52 bits per heavy atom. The summed E-state index contributed by atoms with van der Waals surface area (Å²) < 4.78 is 28.8. The maximum Gasteiger partial charge on any atom is 0.410 e. The summed E-state index contributed by atoms with van der Waals surface area (Å²) >= 11 is 0. The van der Waals surface area contributed by atoms with Crippen molar-refractivity contribution in [3.63, 3.8) is 0 Å². The molecule has 5 rings (SSSR count). The standard InChI is InChI=1S/C35H44N4O7/c1-35(2)44-24-27-20-26(13-14-31(27)46-35)32-22-38(34(41)45-32)15-5-3-4-6-16-42-17-18-43-23-25-9-7-11-29(19-25)39(33(37)40)30-12-8-10-28(36)21-30/h7-14,19-21,32H,3-6,15-18,22-24,36H2,1-2H3,(H2,37,40). The van der Waals surface area contributed by atoms with E-state index in [1.54, 1.807) is 29.2 Å². The number of primary amides is 1. The zero-order valence-corrected chi connectivity index (χ0v) is 26.6. The van der Waals surface area contributed by atoms with E-state index in [2.05, 4.69) is 0 Å². The average Bonchev–Trinajstić information content (AvgIpc) is 3.39. The van der Waals surface area contributed by atoms with Crippen LogP contribution in [-0.2, 0) is 32.2 Å². The molecule has 1 atom stereocenters. The Labute approximate surface area is 270 Å². The lowest BCUT2D eigenvalue weighted by molar-refractivity contribution is -0.180. The minimum atomic E-state index is -0.640. The molecular formula is C35H44N4O7. The number of ether oxygens (including phenoxy) is 5. The van der Waals surface area contributed by atoms with Crippen LogP contribution in [0.3, 0.4) is 0 Å². The molecule has 0 spiro atoms. The molecule has 2 aliphatic rings. The van der Waals surface area contributed by atoms with Crippen LogP contribution in [-0.4, -0.2) is 55.7 Å². The van der Waals surface area contributed by atoms with Crippen molar-refractivity contribution in [3.8, 4) is 5.75 Å². The third kappa shape index (κ3) is 8.90. The van der Waals surface area contributed by atoms with Gasteiger partial charge in [0.25, 0.3) is 0 Å². The number of hydrogen-bond acceptors (Lipinski definition) is 8. The first-order valence-electron chi connectivity index (χ1n) is 15.8. The maximum absolute atomic E-state index is 12.5. The smallest absolute Gasteiger partial charge is 0.410 e. The highest BCUT2D eigenvalue weighted by Crippen LogP contribution is 2.35. The van der Waals surface area contributed by atoms with Crippen LogP contribution in [0.4, 0.5) is 26.7 Å². The number of benzene rings is 3. The zero-order valence-electron chi connectivity index (χ0n) is 26.6. The fraction of sp³-hybridized carbons (Fsp3) is 0.429. The molecule has 11 heteroatoms. The second-order valence-corrected chi connectivity index (χ2v) is 12.0. The lowest BCUT2D eigenvalue weighted by atomic mass is 10.0. The molecular weight excluding hydrogens is 588 g/mol. The van der Waals surface area contributed by atoms with Crippen LogP contribution in [0, 0.1) is 0 Å². The van der Waals surface area contributed by atoms with Crippen molar-refractivity contribution in [2.45, 2.75) is 64.6 Å². The molecule has 1 saturated heterocycles. The summed E-state index contributed by atoms with van der Waals surface area (Å²) in [5, 5.41) is 0. The average molecular weight is 633 g/mol. The molecule has 3 aromatic carbocycles. The molecule has 3 amide bonds. The highest BCUT2D eigenvalue weighted by Gasteiger charge is 2.33. The zero-order chi connectivity index (χ0) is 32.5. The number of nitrogens with two attached hydrogens (primary N) is 2. The summed E-state index contributed by atoms with van der Waals surface area (Å²) in [4.78, 5) is 27.8. The van der Waals surface area contributed by atoms with Gasteiger partial charge in [0.15, 0.2) is 0 Å². The summed E-state index contributed by atoms with van der Waals surface area (Å²) in [5.74, 6) is 0.170. The normalized spacial score (nSPS) is 16.9. The SMILES string of the molecule is CC1(C)OCc2cc(C3CN(CCCCCCOCCOCc4cccc(N(C(N)=O)c5cccc(N)c5)c4)C(=O)O3)ccc2O1. The number of hydrogen-bond donors (Lipinski definition) is 2. The van der Waals surface area contributed by atoms with Crippen LogP contribution in [0.25, 0.3) is 0 Å². The number of carbonyl (C=O) groups excluding carboxylic acids is 2. The first-order valence-corrected chi connectivity index (χ1v) is 15.8. The molecule has 11 nitrogen and oxygen atoms in total. The van der Waals surface area contributed by atoms with E-state index in [1.807, 2.05) is 56.3 Å². The largest absolute Gasteiger partial charge is 0.463 e. The van der Waals surface area contributed by atoms with Crippen LogP contribution < -0.4 is 21.1 Å². The van der Waals surface area contributed by atoms with Gasteiger partial charge in [-0.2, -0.15) is 0 Å². The number of urea groups is 1. The number of nitrogen functional groups attached to an aromatic ring is 1. The number of unbranched alkanes of at least 4 members (excludes halogenated alkanes) is 3.